The molecule has 8 nitrogen and oxygen atoms in total. The maximum atomic E-state index is 13.3. The van der Waals surface area contributed by atoms with Gasteiger partial charge in [-0.15, -0.1) is 0 Å². The van der Waals surface area contributed by atoms with Gasteiger partial charge in [0.15, 0.2) is 11.5 Å². The lowest BCUT2D eigenvalue weighted by atomic mass is 9.94. The zero-order valence-electron chi connectivity index (χ0n) is 21.9. The fraction of sp³-hybridized carbons (Fsp3) is 0.448. The molecule has 2 aromatic rings. The highest BCUT2D eigenvalue weighted by Crippen LogP contribution is 2.42. The molecule has 1 amide bonds. The molecule has 2 aliphatic rings. The largest absolute Gasteiger partial charge is 0.507 e. The van der Waals surface area contributed by atoms with Gasteiger partial charge in [0.1, 0.15) is 17.6 Å². The van der Waals surface area contributed by atoms with E-state index in [4.69, 9.17) is 18.9 Å². The van der Waals surface area contributed by atoms with Crippen molar-refractivity contribution in [3.8, 4) is 17.2 Å². The normalized spacial score (nSPS) is 20.2. The molecule has 0 spiro atoms. The summed E-state index contributed by atoms with van der Waals surface area (Å²) in [5.74, 6) is 0.282. The van der Waals surface area contributed by atoms with Crippen molar-refractivity contribution in [3.05, 3.63) is 58.7 Å². The third-order valence-corrected chi connectivity index (χ3v) is 6.72. The van der Waals surface area contributed by atoms with E-state index in [1.807, 2.05) is 19.1 Å². The van der Waals surface area contributed by atoms with Gasteiger partial charge < -0.3 is 29.0 Å². The predicted molar refractivity (Wildman–Crippen MR) is 139 cm³/mol. The molecule has 0 aliphatic carbocycles. The van der Waals surface area contributed by atoms with Crippen molar-refractivity contribution in [1.29, 1.82) is 0 Å². The molecule has 1 fully saturated rings. The van der Waals surface area contributed by atoms with Crippen LogP contribution < -0.4 is 14.2 Å². The van der Waals surface area contributed by atoms with Crippen LogP contribution in [0.2, 0.25) is 0 Å². The Bertz CT molecular complexity index is 1190. The highest BCUT2D eigenvalue weighted by molar-refractivity contribution is 6.46. The number of rotatable bonds is 11. The highest BCUT2D eigenvalue weighted by Gasteiger charge is 2.46. The van der Waals surface area contributed by atoms with Gasteiger partial charge in [-0.2, -0.15) is 0 Å². The van der Waals surface area contributed by atoms with E-state index in [9.17, 15) is 14.7 Å². The van der Waals surface area contributed by atoms with Gasteiger partial charge in [0.25, 0.3) is 11.7 Å². The number of ketones is 1. The van der Waals surface area contributed by atoms with Crippen LogP contribution in [0.15, 0.2) is 42.0 Å². The third kappa shape index (κ3) is 5.44. The zero-order valence-corrected chi connectivity index (χ0v) is 21.9. The van der Waals surface area contributed by atoms with Gasteiger partial charge in [-0.3, -0.25) is 9.59 Å². The Balaban J connectivity index is 1.78. The van der Waals surface area contributed by atoms with Crippen LogP contribution in [0.25, 0.3) is 5.76 Å². The quantitative estimate of drug-likeness (QED) is 0.204. The van der Waals surface area contributed by atoms with Gasteiger partial charge >= 0.3 is 0 Å². The SMILES string of the molecule is CCCCOc1ccc(C2/C(=C(/O)c3ccc4c(c3)CC(C)O4)C(=O)C(=O)N2CCCOC)cc1OC. The van der Waals surface area contributed by atoms with Gasteiger partial charge in [-0.05, 0) is 61.2 Å². The first-order valence-electron chi connectivity index (χ1n) is 12.8. The minimum Gasteiger partial charge on any atom is -0.507 e. The lowest BCUT2D eigenvalue weighted by Crippen LogP contribution is -2.31. The summed E-state index contributed by atoms with van der Waals surface area (Å²) < 4.78 is 22.4. The van der Waals surface area contributed by atoms with Gasteiger partial charge in [0, 0.05) is 32.2 Å². The monoisotopic (exact) mass is 509 g/mol. The van der Waals surface area contributed by atoms with Crippen molar-refractivity contribution >= 4 is 17.4 Å². The summed E-state index contributed by atoms with van der Waals surface area (Å²) in [6.07, 6.45) is 3.22. The predicted octanol–water partition coefficient (Wildman–Crippen LogP) is 4.66. The Morgan fingerprint density at radius 3 is 2.62 bits per heavy atom. The molecule has 2 aliphatic heterocycles. The molecule has 2 atom stereocenters. The second kappa shape index (κ2) is 11.7. The van der Waals surface area contributed by atoms with E-state index in [0.29, 0.717) is 55.2 Å². The van der Waals surface area contributed by atoms with Crippen molar-refractivity contribution in [2.75, 3.05) is 34.0 Å². The fourth-order valence-corrected chi connectivity index (χ4v) is 4.86. The van der Waals surface area contributed by atoms with Crippen LogP contribution in [0.4, 0.5) is 0 Å². The Hall–Kier alpha value is -3.52. The Kier molecular flexibility index (Phi) is 8.38. The molecule has 0 aromatic heterocycles. The molecule has 1 saturated heterocycles. The van der Waals surface area contributed by atoms with Crippen LogP contribution >= 0.6 is 0 Å². The molecule has 2 heterocycles. The van der Waals surface area contributed by atoms with E-state index in [1.165, 1.54) is 4.90 Å². The molecule has 2 aromatic carbocycles. The number of benzene rings is 2. The number of aliphatic hydroxyl groups excluding tert-OH is 1. The summed E-state index contributed by atoms with van der Waals surface area (Å²) in [5.41, 5.74) is 2.13. The Morgan fingerprint density at radius 2 is 1.89 bits per heavy atom. The van der Waals surface area contributed by atoms with E-state index < -0.39 is 17.7 Å². The average molecular weight is 510 g/mol. The molecule has 2 unspecified atom stereocenters. The summed E-state index contributed by atoms with van der Waals surface area (Å²) >= 11 is 0. The van der Waals surface area contributed by atoms with E-state index in [-0.39, 0.29) is 17.4 Å². The topological polar surface area (TPSA) is 94.5 Å². The van der Waals surface area contributed by atoms with E-state index in [2.05, 4.69) is 6.92 Å². The van der Waals surface area contributed by atoms with Crippen molar-refractivity contribution in [2.24, 2.45) is 0 Å². The Morgan fingerprint density at radius 1 is 1.08 bits per heavy atom. The first-order chi connectivity index (χ1) is 17.9. The van der Waals surface area contributed by atoms with Crippen LogP contribution in [0.3, 0.4) is 0 Å². The summed E-state index contributed by atoms with van der Waals surface area (Å²) in [6.45, 7) is 5.36. The Labute approximate surface area is 217 Å². The van der Waals surface area contributed by atoms with Crippen LogP contribution in [-0.2, 0) is 20.7 Å². The molecule has 37 heavy (non-hydrogen) atoms. The summed E-state index contributed by atoms with van der Waals surface area (Å²) in [5, 5.41) is 11.4. The summed E-state index contributed by atoms with van der Waals surface area (Å²) in [7, 11) is 3.14. The second-order valence-electron chi connectivity index (χ2n) is 9.41. The van der Waals surface area contributed by atoms with Crippen LogP contribution in [0.5, 0.6) is 17.2 Å². The molecule has 0 radical (unpaired) electrons. The van der Waals surface area contributed by atoms with Crippen molar-refractivity contribution in [3.63, 3.8) is 0 Å². The number of aliphatic hydroxyl groups is 1. The maximum absolute atomic E-state index is 13.3. The minimum absolute atomic E-state index is 0.0456. The fourth-order valence-electron chi connectivity index (χ4n) is 4.86. The first kappa shape index (κ1) is 26.5. The van der Waals surface area contributed by atoms with Crippen molar-refractivity contribution in [2.45, 2.75) is 51.7 Å². The number of methoxy groups -OCH3 is 2. The number of carbonyl (C=O) groups is 2. The van der Waals surface area contributed by atoms with E-state index in [1.54, 1.807) is 38.5 Å². The van der Waals surface area contributed by atoms with Crippen LogP contribution in [0, 0.1) is 0 Å². The number of carbonyl (C=O) groups excluding carboxylic acids is 2. The van der Waals surface area contributed by atoms with E-state index in [0.717, 1.165) is 24.2 Å². The number of hydrogen-bond donors (Lipinski definition) is 1. The van der Waals surface area contributed by atoms with Gasteiger partial charge in [-0.25, -0.2) is 0 Å². The number of likely N-dealkylation sites (tertiary alicyclic amines) is 1. The van der Waals surface area contributed by atoms with E-state index >= 15 is 0 Å². The van der Waals surface area contributed by atoms with Gasteiger partial charge in [0.2, 0.25) is 0 Å². The molecule has 198 valence electrons. The lowest BCUT2D eigenvalue weighted by Gasteiger charge is -2.26. The smallest absolute Gasteiger partial charge is 0.295 e. The number of ether oxygens (including phenoxy) is 4. The molecule has 8 heteroatoms. The average Bonchev–Trinajstić information content (AvgIpc) is 3.39. The number of nitrogens with zero attached hydrogens (tertiary/aromatic N) is 1. The molecule has 0 bridgehead atoms. The summed E-state index contributed by atoms with van der Waals surface area (Å²) in [6, 6.07) is 9.93. The molecular weight excluding hydrogens is 474 g/mol. The number of amides is 1. The highest BCUT2D eigenvalue weighted by atomic mass is 16.5. The maximum Gasteiger partial charge on any atom is 0.295 e. The third-order valence-electron chi connectivity index (χ3n) is 6.72. The van der Waals surface area contributed by atoms with Crippen LogP contribution in [0.1, 0.15) is 55.8 Å². The standard InChI is InChI=1S/C29H35NO7/c1-5-6-14-36-23-11-8-19(17-24(23)35-4)26-25(28(32)29(33)30(26)12-7-13-34-3)27(31)20-9-10-22-21(16-20)15-18(2)37-22/h8-11,16-18,26,31H,5-7,12-15H2,1-4H3/b27-25-. The second-order valence-corrected chi connectivity index (χ2v) is 9.41. The lowest BCUT2D eigenvalue weighted by molar-refractivity contribution is -0.140. The number of hydrogen-bond acceptors (Lipinski definition) is 7. The minimum atomic E-state index is -0.779. The molecular formula is C29H35NO7. The van der Waals surface area contributed by atoms with Gasteiger partial charge in [0.05, 0.1) is 25.3 Å². The molecule has 0 saturated carbocycles. The van der Waals surface area contributed by atoms with Crippen molar-refractivity contribution in [1.82, 2.24) is 4.90 Å². The number of Topliss-reactive ketones (excluding diaryl/α,β-unsaturated/α-hetero) is 1. The molecule has 1 N–H and O–H groups in total. The number of unbranched alkanes of at least 4 members (excludes halogenated alkanes) is 1. The summed E-state index contributed by atoms with van der Waals surface area (Å²) in [4.78, 5) is 28.0. The van der Waals surface area contributed by atoms with Gasteiger partial charge in [-0.1, -0.05) is 19.4 Å². The zero-order chi connectivity index (χ0) is 26.5. The van der Waals surface area contributed by atoms with Crippen molar-refractivity contribution < 1.29 is 33.6 Å². The number of fused-ring (bicyclic) bond motifs is 1. The first-order valence-corrected chi connectivity index (χ1v) is 12.8. The van der Waals surface area contributed by atoms with Crippen LogP contribution in [-0.4, -0.2) is 61.8 Å². The molecule has 4 rings (SSSR count).